The zero-order valence-corrected chi connectivity index (χ0v) is 48.4. The molecular weight excluding hydrogens is 1100 g/mol. The fourth-order valence-corrected chi connectivity index (χ4v) is 12.6. The van der Waals surface area contributed by atoms with Gasteiger partial charge in [0.2, 0.25) is 41.4 Å². The van der Waals surface area contributed by atoms with Gasteiger partial charge in [-0.1, -0.05) is 139 Å². The number of amides is 7. The second kappa shape index (κ2) is 29.4. The topological polar surface area (TPSA) is 329 Å². The van der Waals surface area contributed by atoms with Crippen LogP contribution in [0.15, 0.2) is 128 Å². The van der Waals surface area contributed by atoms with Crippen molar-refractivity contribution in [1.29, 1.82) is 0 Å². The summed E-state index contributed by atoms with van der Waals surface area (Å²) in [5.74, 6) is -7.73. The van der Waals surface area contributed by atoms with Crippen molar-refractivity contribution in [1.82, 2.24) is 42.2 Å². The van der Waals surface area contributed by atoms with Crippen molar-refractivity contribution in [3.05, 3.63) is 150 Å². The molecule has 0 bridgehead atoms. The number of phenolic OH excluding ortho intramolecular Hbond substituents is 1. The van der Waals surface area contributed by atoms with E-state index < -0.39 is 106 Å². The number of unbranched alkanes of at least 4 members (excludes halogenated alkanes) is 1. The molecule has 0 unspecified atom stereocenters. The summed E-state index contributed by atoms with van der Waals surface area (Å²) in [6, 6.07) is 24.7. The van der Waals surface area contributed by atoms with Crippen LogP contribution in [-0.2, 0) is 64.0 Å². The van der Waals surface area contributed by atoms with Crippen LogP contribution >= 0.6 is 21.6 Å². The zero-order valence-electron chi connectivity index (χ0n) is 46.8. The molecule has 0 aliphatic carbocycles. The van der Waals surface area contributed by atoms with Gasteiger partial charge in [-0.15, -0.1) is 0 Å². The van der Waals surface area contributed by atoms with E-state index in [1.807, 2.05) is 66.7 Å². The summed E-state index contributed by atoms with van der Waals surface area (Å²) in [6.07, 6.45) is 2.35. The van der Waals surface area contributed by atoms with Gasteiger partial charge in [-0.25, -0.2) is 4.79 Å². The van der Waals surface area contributed by atoms with Crippen molar-refractivity contribution in [3.63, 3.8) is 0 Å². The first-order chi connectivity index (χ1) is 39.7. The predicted molar refractivity (Wildman–Crippen MR) is 323 cm³/mol. The third kappa shape index (κ3) is 17.6. The standard InChI is InChI=1S/C61H74N10O10S2/c1-35(2)51(60(80)81)70-58(78)50-34-82-83-61(3,4)52(71-53(73)44(63)29-38-21-24-39-16-8-9-17-40(39)28-38)59(79)68-48(30-36-14-6-5-7-15-36)55(75)67-49(32-41-33-64-45-19-11-10-18-43(41)45)57(77)65-46(20-12-13-27-62)54(74)66-47(56(76)69-50)31-37-22-25-42(72)26-23-37/h5-11,14-19,21-26,28,33,35,44,46-52,64,72H,12-13,20,27,29-32,34,62-63H2,1-4H3,(H,65,77)(H,66,74)(H,67,75)(H,68,79)(H,69,76)(H,70,78)(H,71,73)(H,80,81)/t44-,46-,47-,48-,49-,50-,51-,52+/m0/s1. The summed E-state index contributed by atoms with van der Waals surface area (Å²) in [4.78, 5) is 119. The van der Waals surface area contributed by atoms with Gasteiger partial charge in [0.25, 0.3) is 0 Å². The highest BCUT2D eigenvalue weighted by atomic mass is 33.1. The fourth-order valence-electron chi connectivity index (χ4n) is 9.74. The molecule has 22 heteroatoms. The summed E-state index contributed by atoms with van der Waals surface area (Å²) in [6.45, 7) is 6.82. The van der Waals surface area contributed by atoms with Crippen LogP contribution in [0.3, 0.4) is 0 Å². The molecular formula is C61H74N10O10S2. The van der Waals surface area contributed by atoms with E-state index >= 15 is 14.4 Å². The number of H-pyrrole nitrogens is 1. The molecule has 0 radical (unpaired) electrons. The monoisotopic (exact) mass is 1170 g/mol. The van der Waals surface area contributed by atoms with Gasteiger partial charge in [0.15, 0.2) is 0 Å². The van der Waals surface area contributed by atoms with Gasteiger partial charge in [-0.3, -0.25) is 33.6 Å². The van der Waals surface area contributed by atoms with E-state index in [0.717, 1.165) is 48.8 Å². The molecule has 83 heavy (non-hydrogen) atoms. The number of aromatic nitrogens is 1. The maximum Gasteiger partial charge on any atom is 0.326 e. The number of aliphatic carboxylic acids is 1. The quantitative estimate of drug-likeness (QED) is 0.0427. The van der Waals surface area contributed by atoms with Crippen LogP contribution in [0.1, 0.15) is 69.2 Å². The summed E-state index contributed by atoms with van der Waals surface area (Å²) in [5, 5.41) is 42.6. The highest BCUT2D eigenvalue weighted by Gasteiger charge is 2.42. The molecule has 5 aromatic carbocycles. The Hall–Kier alpha value is -7.92. The number of aromatic amines is 1. The number of phenols is 1. The maximum atomic E-state index is 15.2. The molecule has 1 fully saturated rings. The van der Waals surface area contributed by atoms with Gasteiger partial charge >= 0.3 is 5.97 Å². The molecule has 2 heterocycles. The average Bonchev–Trinajstić information content (AvgIpc) is 3.94. The Kier molecular flexibility index (Phi) is 22.2. The lowest BCUT2D eigenvalue weighted by Crippen LogP contribution is -2.63. The second-order valence-electron chi connectivity index (χ2n) is 21.7. The molecule has 1 aliphatic heterocycles. The van der Waals surface area contributed by atoms with Gasteiger partial charge < -0.3 is 63.9 Å². The van der Waals surface area contributed by atoms with Crippen molar-refractivity contribution in [2.75, 3.05) is 12.3 Å². The molecule has 6 aromatic rings. The van der Waals surface area contributed by atoms with Crippen molar-refractivity contribution in [2.24, 2.45) is 17.4 Å². The Balaban J connectivity index is 1.31. The minimum Gasteiger partial charge on any atom is -0.508 e. The first-order valence-electron chi connectivity index (χ1n) is 27.7. The molecule has 7 rings (SSSR count). The minimum absolute atomic E-state index is 0.0439. The Morgan fingerprint density at radius 3 is 1.90 bits per heavy atom. The minimum atomic E-state index is -1.47. The number of hydrogen-bond donors (Lipinski definition) is 12. The molecule has 7 amide bonds. The highest BCUT2D eigenvalue weighted by molar-refractivity contribution is 8.77. The van der Waals surface area contributed by atoms with Crippen LogP contribution in [-0.4, -0.2) is 128 Å². The summed E-state index contributed by atoms with van der Waals surface area (Å²) in [7, 11) is 2.11. The number of carboxylic acids is 1. The van der Waals surface area contributed by atoms with Gasteiger partial charge in [0.1, 0.15) is 48.0 Å². The van der Waals surface area contributed by atoms with Gasteiger partial charge in [-0.05, 0) is 103 Å². The number of nitrogens with two attached hydrogens (primary N) is 2. The Morgan fingerprint density at radius 2 is 1.24 bits per heavy atom. The number of fused-ring (bicyclic) bond motifs is 2. The van der Waals surface area contributed by atoms with Gasteiger partial charge in [0, 0.05) is 46.9 Å². The lowest BCUT2D eigenvalue weighted by molar-refractivity contribution is -0.143. The first-order valence-corrected chi connectivity index (χ1v) is 30.0. The number of carboxylic acid groups (broad SMARTS) is 1. The Labute approximate surface area is 490 Å². The molecule has 1 aromatic heterocycles. The van der Waals surface area contributed by atoms with E-state index in [0.29, 0.717) is 29.5 Å². The normalized spacial score (nSPS) is 21.1. The van der Waals surface area contributed by atoms with Crippen LogP contribution in [0.2, 0.25) is 0 Å². The molecule has 1 saturated heterocycles. The van der Waals surface area contributed by atoms with Crippen molar-refractivity contribution in [2.45, 2.75) is 126 Å². The number of carbonyl (C=O) groups is 8. The molecule has 14 N–H and O–H groups in total. The molecule has 1 aliphatic rings. The predicted octanol–water partition coefficient (Wildman–Crippen LogP) is 4.06. The zero-order chi connectivity index (χ0) is 59.8. The number of nitrogens with one attached hydrogen (secondary N) is 8. The SMILES string of the molecule is CC(C)[C@H](NC(=O)[C@@H]1CSSC(C)(C)[C@H](NC(=O)[C@@H](N)Cc2ccc3ccccc3c2)C(=O)N[C@@H](Cc2ccccc2)C(=O)N[C@@H](Cc2c[nH]c3ccccc23)C(=O)N[C@@H](CCCCN)C(=O)N[C@@H](Cc2ccc(O)cc2)C(=O)N1)C(=O)O. The third-order valence-corrected chi connectivity index (χ3v) is 17.8. The molecule has 0 saturated carbocycles. The van der Waals surface area contributed by atoms with Crippen molar-refractivity contribution < 1.29 is 48.6 Å². The van der Waals surface area contributed by atoms with E-state index in [2.05, 4.69) is 42.2 Å². The summed E-state index contributed by atoms with van der Waals surface area (Å²) >= 11 is 0. The summed E-state index contributed by atoms with van der Waals surface area (Å²) < 4.78 is -1.32. The largest absolute Gasteiger partial charge is 0.508 e. The Morgan fingerprint density at radius 1 is 0.675 bits per heavy atom. The number of aromatic hydroxyl groups is 1. The van der Waals surface area contributed by atoms with Crippen LogP contribution in [0.4, 0.5) is 0 Å². The number of para-hydroxylation sites is 1. The number of hydrogen-bond acceptors (Lipinski definition) is 13. The number of rotatable bonds is 18. The molecule has 0 spiro atoms. The van der Waals surface area contributed by atoms with Crippen molar-refractivity contribution in [3.8, 4) is 5.75 Å². The molecule has 440 valence electrons. The second-order valence-corrected chi connectivity index (χ2v) is 24.7. The van der Waals surface area contributed by atoms with E-state index in [1.165, 1.54) is 12.1 Å². The van der Waals surface area contributed by atoms with Crippen LogP contribution in [0.25, 0.3) is 21.7 Å². The number of benzene rings is 5. The fraction of sp³-hybridized carbons (Fsp3) is 0.377. The highest BCUT2D eigenvalue weighted by Crippen LogP contribution is 2.39. The lowest BCUT2D eigenvalue weighted by Gasteiger charge is -2.35. The lowest BCUT2D eigenvalue weighted by atomic mass is 9.98. The Bertz CT molecular complexity index is 3250. The third-order valence-electron chi connectivity index (χ3n) is 14.5. The first kappa shape index (κ1) is 62.7. The average molecular weight is 1170 g/mol. The number of carbonyl (C=O) groups excluding carboxylic acids is 7. The molecule has 20 nitrogen and oxygen atoms in total. The van der Waals surface area contributed by atoms with Gasteiger partial charge in [-0.2, -0.15) is 0 Å². The van der Waals surface area contributed by atoms with E-state index in [9.17, 15) is 34.2 Å². The maximum absolute atomic E-state index is 15.2. The smallest absolute Gasteiger partial charge is 0.326 e. The van der Waals surface area contributed by atoms with E-state index in [4.69, 9.17) is 11.5 Å². The van der Waals surface area contributed by atoms with Gasteiger partial charge in [0.05, 0.1) is 6.04 Å². The van der Waals surface area contributed by atoms with Crippen molar-refractivity contribution >= 4 is 90.6 Å². The molecule has 8 atom stereocenters. The summed E-state index contributed by atoms with van der Waals surface area (Å²) in [5.41, 5.74) is 15.9. The van der Waals surface area contributed by atoms with Crippen LogP contribution in [0, 0.1) is 5.92 Å². The van der Waals surface area contributed by atoms with Crippen LogP contribution < -0.4 is 48.7 Å². The van der Waals surface area contributed by atoms with E-state index in [1.54, 1.807) is 76.4 Å². The van der Waals surface area contributed by atoms with E-state index in [-0.39, 0.29) is 50.2 Å². The van der Waals surface area contributed by atoms with Crippen LogP contribution in [0.5, 0.6) is 5.75 Å².